The number of halogens is 1. The third-order valence-electron chi connectivity index (χ3n) is 4.66. The van der Waals surface area contributed by atoms with E-state index in [0.717, 1.165) is 26.1 Å². The van der Waals surface area contributed by atoms with Gasteiger partial charge < -0.3 is 11.1 Å². The summed E-state index contributed by atoms with van der Waals surface area (Å²) in [5.74, 6) is 0.654. The number of hydrogen-bond acceptors (Lipinski definition) is 3. The minimum absolute atomic E-state index is 0. The topological polar surface area (TPSA) is 58.4 Å². The first-order chi connectivity index (χ1) is 10.5. The standard InChI is InChI=1S/C18H29N3O.ClH/c1-13(2)17(19)18(22)20-14(3)16-9-10-21(12-16)11-15-7-5-4-6-8-15;/h4-8,13-14,16-17H,9-12,19H2,1-3H3,(H,20,22);1H/t14?,16?,17-;/m1./s1. The fourth-order valence-electron chi connectivity index (χ4n) is 3.00. The zero-order valence-corrected chi connectivity index (χ0v) is 15.2. The highest BCUT2D eigenvalue weighted by atomic mass is 35.5. The van der Waals surface area contributed by atoms with Crippen molar-refractivity contribution in [1.82, 2.24) is 10.2 Å². The first-order valence-corrected chi connectivity index (χ1v) is 8.29. The van der Waals surface area contributed by atoms with E-state index in [1.807, 2.05) is 19.9 Å². The number of nitrogens with one attached hydrogen (secondary N) is 1. The van der Waals surface area contributed by atoms with E-state index in [1.165, 1.54) is 5.56 Å². The molecule has 0 aliphatic carbocycles. The minimum Gasteiger partial charge on any atom is -0.352 e. The van der Waals surface area contributed by atoms with E-state index in [0.29, 0.717) is 5.92 Å². The van der Waals surface area contributed by atoms with Crippen molar-refractivity contribution < 1.29 is 4.79 Å². The summed E-state index contributed by atoms with van der Waals surface area (Å²) in [5, 5.41) is 3.10. The zero-order chi connectivity index (χ0) is 16.1. The van der Waals surface area contributed by atoms with Crippen molar-refractivity contribution >= 4 is 18.3 Å². The molecule has 1 saturated heterocycles. The van der Waals surface area contributed by atoms with Gasteiger partial charge in [-0.1, -0.05) is 44.2 Å². The Morgan fingerprint density at radius 1 is 1.30 bits per heavy atom. The number of carbonyl (C=O) groups is 1. The molecule has 2 rings (SSSR count). The van der Waals surface area contributed by atoms with E-state index in [4.69, 9.17) is 5.73 Å². The molecular formula is C18H30ClN3O. The molecule has 1 aliphatic rings. The van der Waals surface area contributed by atoms with Crippen LogP contribution in [-0.2, 0) is 11.3 Å². The Hall–Kier alpha value is -1.10. The van der Waals surface area contributed by atoms with Crippen LogP contribution >= 0.6 is 12.4 Å². The molecule has 0 radical (unpaired) electrons. The van der Waals surface area contributed by atoms with Crippen LogP contribution in [0.2, 0.25) is 0 Å². The smallest absolute Gasteiger partial charge is 0.237 e. The van der Waals surface area contributed by atoms with Gasteiger partial charge in [-0.25, -0.2) is 0 Å². The third kappa shape index (κ3) is 5.79. The van der Waals surface area contributed by atoms with Crippen LogP contribution in [0.5, 0.6) is 0 Å². The molecule has 5 heteroatoms. The number of likely N-dealkylation sites (tertiary alicyclic amines) is 1. The SMILES string of the molecule is CC(NC(=O)[C@H](N)C(C)C)C1CCN(Cc2ccccc2)C1.Cl. The van der Waals surface area contributed by atoms with Gasteiger partial charge >= 0.3 is 0 Å². The summed E-state index contributed by atoms with van der Waals surface area (Å²) in [6.45, 7) is 9.17. The number of benzene rings is 1. The lowest BCUT2D eigenvalue weighted by Crippen LogP contribution is -2.49. The van der Waals surface area contributed by atoms with Crippen LogP contribution in [0, 0.1) is 11.8 Å². The molecule has 0 aromatic heterocycles. The van der Waals surface area contributed by atoms with Crippen molar-refractivity contribution in [3.05, 3.63) is 35.9 Å². The number of rotatable bonds is 6. The van der Waals surface area contributed by atoms with E-state index >= 15 is 0 Å². The van der Waals surface area contributed by atoms with Crippen LogP contribution in [0.25, 0.3) is 0 Å². The van der Waals surface area contributed by atoms with Crippen LogP contribution in [0.1, 0.15) is 32.8 Å². The molecule has 1 aromatic rings. The van der Waals surface area contributed by atoms with Gasteiger partial charge in [-0.05, 0) is 37.3 Å². The molecule has 0 bridgehead atoms. The molecule has 2 unspecified atom stereocenters. The summed E-state index contributed by atoms with van der Waals surface area (Å²) < 4.78 is 0. The molecule has 1 fully saturated rings. The molecule has 0 spiro atoms. The third-order valence-corrected chi connectivity index (χ3v) is 4.66. The largest absolute Gasteiger partial charge is 0.352 e. The lowest BCUT2D eigenvalue weighted by atomic mass is 9.99. The number of nitrogens with two attached hydrogens (primary N) is 1. The maximum absolute atomic E-state index is 12.1. The lowest BCUT2D eigenvalue weighted by Gasteiger charge is -2.24. The van der Waals surface area contributed by atoms with Crippen molar-refractivity contribution in [2.75, 3.05) is 13.1 Å². The Morgan fingerprint density at radius 3 is 2.57 bits per heavy atom. The molecule has 3 N–H and O–H groups in total. The summed E-state index contributed by atoms with van der Waals surface area (Å²) in [7, 11) is 0. The van der Waals surface area contributed by atoms with Crippen molar-refractivity contribution in [1.29, 1.82) is 0 Å². The Labute approximate surface area is 146 Å². The normalized spacial score (nSPS) is 20.8. The highest BCUT2D eigenvalue weighted by molar-refractivity contribution is 5.85. The molecule has 0 saturated carbocycles. The van der Waals surface area contributed by atoms with Gasteiger partial charge in [-0.3, -0.25) is 9.69 Å². The van der Waals surface area contributed by atoms with Gasteiger partial charge in [-0.2, -0.15) is 0 Å². The average Bonchev–Trinajstić information content (AvgIpc) is 2.96. The molecule has 1 aromatic carbocycles. The second-order valence-corrected chi connectivity index (χ2v) is 6.84. The van der Waals surface area contributed by atoms with Gasteiger partial charge in [0.05, 0.1) is 6.04 Å². The van der Waals surface area contributed by atoms with Crippen molar-refractivity contribution in [3.8, 4) is 0 Å². The molecular weight excluding hydrogens is 310 g/mol. The lowest BCUT2D eigenvalue weighted by molar-refractivity contribution is -0.124. The Morgan fingerprint density at radius 2 is 1.96 bits per heavy atom. The van der Waals surface area contributed by atoms with Gasteiger partial charge in [0.2, 0.25) is 5.91 Å². The molecule has 1 aliphatic heterocycles. The maximum atomic E-state index is 12.1. The van der Waals surface area contributed by atoms with Gasteiger partial charge in [0, 0.05) is 19.1 Å². The van der Waals surface area contributed by atoms with Gasteiger partial charge in [0.15, 0.2) is 0 Å². The quantitative estimate of drug-likeness (QED) is 0.836. The second-order valence-electron chi connectivity index (χ2n) is 6.84. The monoisotopic (exact) mass is 339 g/mol. The predicted molar refractivity (Wildman–Crippen MR) is 97.5 cm³/mol. The van der Waals surface area contributed by atoms with E-state index < -0.39 is 6.04 Å². The fraction of sp³-hybridized carbons (Fsp3) is 0.611. The minimum atomic E-state index is -0.413. The second kappa shape index (κ2) is 9.26. The van der Waals surface area contributed by atoms with E-state index in [-0.39, 0.29) is 30.3 Å². The average molecular weight is 340 g/mol. The van der Waals surface area contributed by atoms with Gasteiger partial charge in [-0.15, -0.1) is 12.4 Å². The Bertz CT molecular complexity index is 480. The molecule has 130 valence electrons. The first kappa shape index (κ1) is 19.9. The Balaban J connectivity index is 0.00000264. The zero-order valence-electron chi connectivity index (χ0n) is 14.4. The summed E-state index contributed by atoms with van der Waals surface area (Å²) in [5.41, 5.74) is 7.26. The molecule has 23 heavy (non-hydrogen) atoms. The van der Waals surface area contributed by atoms with Crippen LogP contribution in [0.15, 0.2) is 30.3 Å². The van der Waals surface area contributed by atoms with E-state index in [9.17, 15) is 4.79 Å². The summed E-state index contributed by atoms with van der Waals surface area (Å²) in [4.78, 5) is 14.5. The summed E-state index contributed by atoms with van der Waals surface area (Å²) >= 11 is 0. The van der Waals surface area contributed by atoms with Crippen LogP contribution in [-0.4, -0.2) is 36.0 Å². The molecule has 3 atom stereocenters. The Kier molecular flexibility index (Phi) is 8.03. The predicted octanol–water partition coefficient (Wildman–Crippen LogP) is 2.42. The van der Waals surface area contributed by atoms with Crippen molar-refractivity contribution in [3.63, 3.8) is 0 Å². The fourth-order valence-corrected chi connectivity index (χ4v) is 3.00. The number of nitrogens with zero attached hydrogens (tertiary/aromatic N) is 1. The van der Waals surface area contributed by atoms with Gasteiger partial charge in [0.25, 0.3) is 0 Å². The van der Waals surface area contributed by atoms with Gasteiger partial charge in [0.1, 0.15) is 0 Å². The molecule has 1 heterocycles. The maximum Gasteiger partial charge on any atom is 0.237 e. The van der Waals surface area contributed by atoms with Crippen molar-refractivity contribution in [2.24, 2.45) is 17.6 Å². The molecule has 4 nitrogen and oxygen atoms in total. The number of hydrogen-bond donors (Lipinski definition) is 2. The highest BCUT2D eigenvalue weighted by Crippen LogP contribution is 2.21. The highest BCUT2D eigenvalue weighted by Gasteiger charge is 2.29. The van der Waals surface area contributed by atoms with Crippen molar-refractivity contribution in [2.45, 2.75) is 45.8 Å². The molecule has 1 amide bonds. The summed E-state index contributed by atoms with van der Waals surface area (Å²) in [6.07, 6.45) is 1.13. The van der Waals surface area contributed by atoms with Crippen LogP contribution in [0.4, 0.5) is 0 Å². The van der Waals surface area contributed by atoms with Crippen LogP contribution < -0.4 is 11.1 Å². The number of carbonyl (C=O) groups excluding carboxylic acids is 1. The summed E-state index contributed by atoms with van der Waals surface area (Å²) in [6, 6.07) is 10.3. The first-order valence-electron chi connectivity index (χ1n) is 8.29. The number of amides is 1. The van der Waals surface area contributed by atoms with Crippen LogP contribution in [0.3, 0.4) is 0 Å². The van der Waals surface area contributed by atoms with E-state index in [2.05, 4.69) is 41.4 Å². The van der Waals surface area contributed by atoms with E-state index in [1.54, 1.807) is 0 Å².